The Kier molecular flexibility index (Phi) is 5.38. The number of rotatable bonds is 2. The van der Waals surface area contributed by atoms with Gasteiger partial charge in [0.1, 0.15) is 5.02 Å². The van der Waals surface area contributed by atoms with Crippen molar-refractivity contribution < 1.29 is 0 Å². The lowest BCUT2D eigenvalue weighted by Gasteiger charge is -2.26. The molecule has 8 heteroatoms. The van der Waals surface area contributed by atoms with E-state index in [1.807, 2.05) is 6.20 Å². The Morgan fingerprint density at radius 2 is 1.87 bits per heavy atom. The van der Waals surface area contributed by atoms with Crippen LogP contribution >= 0.6 is 11.6 Å². The SMILES string of the molecule is Clc1cnc2nc1Nc1ccc(NC3CCNCC3)c(c1)CCc1cncc(c1)N2. The number of aryl methyl sites for hydroxylation is 2. The van der Waals surface area contributed by atoms with Crippen molar-refractivity contribution in [3.05, 3.63) is 59.0 Å². The highest BCUT2D eigenvalue weighted by Crippen LogP contribution is 2.30. The van der Waals surface area contributed by atoms with E-state index < -0.39 is 0 Å². The van der Waals surface area contributed by atoms with Crippen LogP contribution in [0.1, 0.15) is 24.0 Å². The molecule has 1 fully saturated rings. The average molecular weight is 422 g/mol. The molecule has 4 N–H and O–H groups in total. The molecule has 2 aliphatic heterocycles. The van der Waals surface area contributed by atoms with Crippen LogP contribution in [0.4, 0.5) is 28.8 Å². The molecule has 3 aromatic rings. The van der Waals surface area contributed by atoms with Crippen molar-refractivity contribution in [1.29, 1.82) is 0 Å². The number of hydrogen-bond acceptors (Lipinski definition) is 7. The fourth-order valence-electron chi connectivity index (χ4n) is 3.96. The lowest BCUT2D eigenvalue weighted by Crippen LogP contribution is -2.35. The summed E-state index contributed by atoms with van der Waals surface area (Å²) >= 11 is 6.35. The smallest absolute Gasteiger partial charge is 0.229 e. The van der Waals surface area contributed by atoms with E-state index in [1.54, 1.807) is 12.4 Å². The number of hydrogen-bond donors (Lipinski definition) is 4. The van der Waals surface area contributed by atoms with Crippen LogP contribution in [0.5, 0.6) is 0 Å². The van der Waals surface area contributed by atoms with Crippen molar-refractivity contribution in [2.45, 2.75) is 31.7 Å². The quantitative estimate of drug-likeness (QED) is 0.491. The molecule has 7 nitrogen and oxygen atoms in total. The van der Waals surface area contributed by atoms with E-state index in [-0.39, 0.29) is 0 Å². The highest BCUT2D eigenvalue weighted by Gasteiger charge is 2.16. The monoisotopic (exact) mass is 421 g/mol. The number of benzene rings is 1. The van der Waals surface area contributed by atoms with Crippen LogP contribution in [0, 0.1) is 0 Å². The zero-order valence-electron chi connectivity index (χ0n) is 16.6. The number of nitrogens with one attached hydrogen (secondary N) is 4. The molecule has 0 aliphatic carbocycles. The molecule has 6 bridgehead atoms. The number of pyridine rings is 1. The third-order valence-corrected chi connectivity index (χ3v) is 5.82. The number of halogens is 1. The highest BCUT2D eigenvalue weighted by molar-refractivity contribution is 6.32. The minimum atomic E-state index is 0.473. The first-order valence-electron chi connectivity index (χ1n) is 10.3. The van der Waals surface area contributed by atoms with Gasteiger partial charge in [0.25, 0.3) is 0 Å². The fourth-order valence-corrected chi connectivity index (χ4v) is 4.10. The summed E-state index contributed by atoms with van der Waals surface area (Å²) in [6.07, 6.45) is 9.37. The van der Waals surface area contributed by atoms with Crippen LogP contribution in [0.3, 0.4) is 0 Å². The molecule has 0 unspecified atom stereocenters. The van der Waals surface area contributed by atoms with E-state index in [0.717, 1.165) is 50.1 Å². The summed E-state index contributed by atoms with van der Waals surface area (Å²) in [6, 6.07) is 9.00. The van der Waals surface area contributed by atoms with Crippen LogP contribution in [-0.2, 0) is 12.8 Å². The van der Waals surface area contributed by atoms with E-state index in [4.69, 9.17) is 11.6 Å². The molecule has 2 aliphatic rings. The molecule has 0 saturated carbocycles. The minimum Gasteiger partial charge on any atom is -0.382 e. The molecule has 154 valence electrons. The maximum absolute atomic E-state index is 6.35. The van der Waals surface area contributed by atoms with Crippen LogP contribution in [0.2, 0.25) is 5.02 Å². The zero-order chi connectivity index (χ0) is 20.3. The van der Waals surface area contributed by atoms with E-state index >= 15 is 0 Å². The fraction of sp³-hybridized carbons (Fsp3) is 0.318. The summed E-state index contributed by atoms with van der Waals surface area (Å²) in [6.45, 7) is 2.12. The Labute approximate surface area is 180 Å². The van der Waals surface area contributed by atoms with Crippen LogP contribution in [-0.4, -0.2) is 34.1 Å². The summed E-state index contributed by atoms with van der Waals surface area (Å²) in [4.78, 5) is 13.2. The van der Waals surface area contributed by atoms with Crippen molar-refractivity contribution >= 4 is 40.4 Å². The molecule has 0 spiro atoms. The third kappa shape index (κ3) is 4.32. The van der Waals surface area contributed by atoms with E-state index in [9.17, 15) is 0 Å². The molecule has 5 rings (SSSR count). The van der Waals surface area contributed by atoms with Gasteiger partial charge in [0.2, 0.25) is 5.95 Å². The Bertz CT molecular complexity index is 1050. The third-order valence-electron chi connectivity index (χ3n) is 5.54. The van der Waals surface area contributed by atoms with Crippen molar-refractivity contribution in [1.82, 2.24) is 20.3 Å². The van der Waals surface area contributed by atoms with Gasteiger partial charge in [0.15, 0.2) is 5.82 Å². The maximum Gasteiger partial charge on any atom is 0.229 e. The van der Waals surface area contributed by atoms with Gasteiger partial charge in [0, 0.05) is 23.6 Å². The molecular weight excluding hydrogens is 398 g/mol. The Hall–Kier alpha value is -2.90. The van der Waals surface area contributed by atoms with Crippen LogP contribution < -0.4 is 21.3 Å². The van der Waals surface area contributed by atoms with Crippen molar-refractivity contribution in [2.75, 3.05) is 29.0 Å². The van der Waals surface area contributed by atoms with Gasteiger partial charge in [-0.05, 0) is 74.2 Å². The van der Waals surface area contributed by atoms with E-state index in [0.29, 0.717) is 22.8 Å². The molecule has 30 heavy (non-hydrogen) atoms. The largest absolute Gasteiger partial charge is 0.382 e. The lowest BCUT2D eigenvalue weighted by molar-refractivity contribution is 0.479. The molecule has 2 aromatic heterocycles. The lowest BCUT2D eigenvalue weighted by atomic mass is 10.0. The molecule has 1 saturated heterocycles. The Morgan fingerprint density at radius 3 is 2.77 bits per heavy atom. The van der Waals surface area contributed by atoms with E-state index in [2.05, 4.69) is 60.5 Å². The number of anilines is 5. The molecule has 0 amide bonds. The number of fused-ring (bicyclic) bond motifs is 6. The molecule has 1 aromatic carbocycles. The summed E-state index contributed by atoms with van der Waals surface area (Å²) in [5, 5.41) is 14.2. The first-order valence-corrected chi connectivity index (χ1v) is 10.7. The first-order chi connectivity index (χ1) is 14.7. The van der Waals surface area contributed by atoms with Crippen molar-refractivity contribution in [3.63, 3.8) is 0 Å². The first kappa shape index (κ1) is 19.1. The number of piperidine rings is 1. The predicted molar refractivity (Wildman–Crippen MR) is 121 cm³/mol. The van der Waals surface area contributed by atoms with Gasteiger partial charge in [-0.15, -0.1) is 0 Å². The number of aromatic nitrogens is 3. The molecule has 0 atom stereocenters. The Morgan fingerprint density at radius 1 is 0.967 bits per heavy atom. The van der Waals surface area contributed by atoms with Gasteiger partial charge in [-0.1, -0.05) is 11.6 Å². The summed E-state index contributed by atoms with van der Waals surface area (Å²) < 4.78 is 0. The van der Waals surface area contributed by atoms with Gasteiger partial charge in [-0.3, -0.25) is 4.98 Å². The average Bonchev–Trinajstić information content (AvgIpc) is 2.77. The summed E-state index contributed by atoms with van der Waals surface area (Å²) in [5.74, 6) is 1.05. The minimum absolute atomic E-state index is 0.473. The van der Waals surface area contributed by atoms with Crippen LogP contribution in [0.15, 0.2) is 42.9 Å². The maximum atomic E-state index is 6.35. The second-order valence-electron chi connectivity index (χ2n) is 7.76. The Balaban J connectivity index is 1.52. The van der Waals surface area contributed by atoms with Crippen molar-refractivity contribution in [3.8, 4) is 0 Å². The second-order valence-corrected chi connectivity index (χ2v) is 8.17. The van der Waals surface area contributed by atoms with E-state index in [1.165, 1.54) is 16.8 Å². The van der Waals surface area contributed by atoms with Crippen molar-refractivity contribution in [2.24, 2.45) is 0 Å². The van der Waals surface area contributed by atoms with Gasteiger partial charge in [0.05, 0.1) is 18.1 Å². The molecule has 4 heterocycles. The predicted octanol–water partition coefficient (Wildman–Crippen LogP) is 4.27. The standard InChI is InChI=1S/C22H24ClN7/c23-19-13-26-22-29-18-9-14(11-25-12-18)1-2-15-10-17(28-21(19)30-22)3-4-20(15)27-16-5-7-24-8-6-16/h3-4,9-13,16,24,27H,1-2,5-8H2,(H2,26,28,29,30). The molecule has 0 radical (unpaired) electrons. The van der Waals surface area contributed by atoms with Gasteiger partial charge < -0.3 is 21.3 Å². The zero-order valence-corrected chi connectivity index (χ0v) is 17.3. The van der Waals surface area contributed by atoms with Gasteiger partial charge in [-0.25, -0.2) is 4.98 Å². The summed E-state index contributed by atoms with van der Waals surface area (Å²) in [5.41, 5.74) is 5.44. The topological polar surface area (TPSA) is 86.8 Å². The van der Waals surface area contributed by atoms with Gasteiger partial charge in [-0.2, -0.15) is 4.98 Å². The highest BCUT2D eigenvalue weighted by atomic mass is 35.5. The second kappa shape index (κ2) is 8.45. The number of nitrogens with zero attached hydrogens (tertiary/aromatic N) is 3. The summed E-state index contributed by atoms with van der Waals surface area (Å²) in [7, 11) is 0. The normalized spacial score (nSPS) is 16.3. The molecular formula is C22H24ClN7. The van der Waals surface area contributed by atoms with Crippen LogP contribution in [0.25, 0.3) is 0 Å². The van der Waals surface area contributed by atoms with Gasteiger partial charge >= 0.3 is 0 Å².